The van der Waals surface area contributed by atoms with Crippen LogP contribution in [0.25, 0.3) is 0 Å². The van der Waals surface area contributed by atoms with Crippen molar-refractivity contribution in [1.29, 1.82) is 0 Å². The molecule has 1 unspecified atom stereocenters. The van der Waals surface area contributed by atoms with Crippen LogP contribution in [0.3, 0.4) is 0 Å². The summed E-state index contributed by atoms with van der Waals surface area (Å²) < 4.78 is 7.48. The zero-order chi connectivity index (χ0) is 12.3. The van der Waals surface area contributed by atoms with Gasteiger partial charge < -0.3 is 9.84 Å². The molecule has 0 aliphatic rings. The van der Waals surface area contributed by atoms with Gasteiger partial charge in [0.25, 0.3) is 0 Å². The first-order valence-corrected chi connectivity index (χ1v) is 6.10. The molecular formula is C14H20N2O. The van der Waals surface area contributed by atoms with Crippen LogP contribution in [0.15, 0.2) is 34.9 Å². The monoisotopic (exact) mass is 232 g/mol. The number of nitrogens with zero attached hydrogens (tertiary/aromatic N) is 1. The minimum Gasteiger partial charge on any atom is -0.469 e. The molecule has 0 amide bonds. The molecule has 0 aliphatic carbocycles. The van der Waals surface area contributed by atoms with E-state index < -0.39 is 0 Å². The number of hydrogen-bond acceptors (Lipinski definition) is 2. The molecule has 0 saturated carbocycles. The fraction of sp³-hybridized carbons (Fsp3) is 0.429. The molecule has 1 N–H and O–H groups in total. The third-order valence-corrected chi connectivity index (χ3v) is 3.02. The molecule has 0 radical (unpaired) electrons. The number of nitrogens with one attached hydrogen (secondary N) is 1. The van der Waals surface area contributed by atoms with Crippen molar-refractivity contribution in [2.24, 2.45) is 0 Å². The van der Waals surface area contributed by atoms with Gasteiger partial charge in [-0.1, -0.05) is 0 Å². The molecule has 0 fully saturated rings. The topological polar surface area (TPSA) is 30.1 Å². The minimum atomic E-state index is 0.421. The van der Waals surface area contributed by atoms with Crippen LogP contribution in [0.5, 0.6) is 0 Å². The maximum Gasteiger partial charge on any atom is 0.103 e. The summed E-state index contributed by atoms with van der Waals surface area (Å²) >= 11 is 0. The number of hydrogen-bond donors (Lipinski definition) is 1. The lowest BCUT2D eigenvalue weighted by atomic mass is 10.1. The Hall–Kier alpha value is -1.64. The second-order valence-corrected chi connectivity index (χ2v) is 4.60. The highest BCUT2D eigenvalue weighted by Gasteiger charge is 2.06. The zero-order valence-corrected chi connectivity index (χ0v) is 10.7. The summed E-state index contributed by atoms with van der Waals surface area (Å²) in [4.78, 5) is 0. The van der Waals surface area contributed by atoms with Crippen LogP contribution >= 0.6 is 0 Å². The first-order chi connectivity index (χ1) is 8.16. The molecule has 0 bridgehead atoms. The average molecular weight is 232 g/mol. The van der Waals surface area contributed by atoms with Crippen LogP contribution in [0, 0.1) is 13.8 Å². The largest absolute Gasteiger partial charge is 0.469 e. The molecular weight excluding hydrogens is 212 g/mol. The van der Waals surface area contributed by atoms with Gasteiger partial charge in [0, 0.05) is 23.9 Å². The summed E-state index contributed by atoms with van der Waals surface area (Å²) in [6, 6.07) is 8.64. The van der Waals surface area contributed by atoms with Crippen LogP contribution in [0.2, 0.25) is 0 Å². The van der Waals surface area contributed by atoms with E-state index in [0.717, 1.165) is 18.6 Å². The van der Waals surface area contributed by atoms with E-state index in [4.69, 9.17) is 4.42 Å². The summed E-state index contributed by atoms with van der Waals surface area (Å²) in [7, 11) is 0. The Morgan fingerprint density at radius 3 is 2.53 bits per heavy atom. The van der Waals surface area contributed by atoms with E-state index in [1.54, 1.807) is 6.26 Å². The fourth-order valence-electron chi connectivity index (χ4n) is 1.97. The Kier molecular flexibility index (Phi) is 3.57. The van der Waals surface area contributed by atoms with Crippen molar-refractivity contribution < 1.29 is 4.42 Å². The Morgan fingerprint density at radius 1 is 1.24 bits per heavy atom. The number of rotatable bonds is 5. The van der Waals surface area contributed by atoms with Crippen molar-refractivity contribution in [1.82, 2.24) is 4.68 Å². The molecule has 3 heteroatoms. The Bertz CT molecular complexity index is 437. The Balaban J connectivity index is 1.87. The van der Waals surface area contributed by atoms with E-state index in [2.05, 4.69) is 43.0 Å². The molecule has 0 spiro atoms. The van der Waals surface area contributed by atoms with E-state index in [-0.39, 0.29) is 0 Å². The van der Waals surface area contributed by atoms with Gasteiger partial charge in [-0.25, -0.2) is 0 Å². The zero-order valence-electron chi connectivity index (χ0n) is 10.7. The summed E-state index contributed by atoms with van der Waals surface area (Å²) in [5.41, 5.74) is 5.98. The number of aryl methyl sites for hydroxylation is 3. The SMILES string of the molecule is Cc1ccc(C)n1NC(C)CCc1ccco1. The van der Waals surface area contributed by atoms with Gasteiger partial charge in [-0.2, -0.15) is 0 Å². The molecule has 92 valence electrons. The van der Waals surface area contributed by atoms with Crippen LogP contribution in [-0.4, -0.2) is 10.7 Å². The summed E-state index contributed by atoms with van der Waals surface area (Å²) in [6.07, 6.45) is 3.76. The van der Waals surface area contributed by atoms with Gasteiger partial charge in [0.1, 0.15) is 5.76 Å². The van der Waals surface area contributed by atoms with Gasteiger partial charge in [-0.3, -0.25) is 4.68 Å². The number of aromatic nitrogens is 1. The second-order valence-electron chi connectivity index (χ2n) is 4.60. The van der Waals surface area contributed by atoms with E-state index in [1.165, 1.54) is 11.4 Å². The standard InChI is InChI=1S/C14H20N2O/c1-11(6-9-14-5-4-10-17-14)15-16-12(2)7-8-13(16)3/h4-5,7-8,10-11,15H,6,9H2,1-3H3. The Labute approximate surface area is 102 Å². The molecule has 2 aromatic heterocycles. The van der Waals surface area contributed by atoms with Crippen molar-refractivity contribution in [3.05, 3.63) is 47.7 Å². The average Bonchev–Trinajstić information content (AvgIpc) is 2.91. The highest BCUT2D eigenvalue weighted by Crippen LogP contribution is 2.09. The summed E-state index contributed by atoms with van der Waals surface area (Å²) in [5, 5.41) is 0. The van der Waals surface area contributed by atoms with Crippen LogP contribution in [0.1, 0.15) is 30.5 Å². The van der Waals surface area contributed by atoms with Gasteiger partial charge in [-0.15, -0.1) is 0 Å². The maximum absolute atomic E-state index is 5.33. The molecule has 0 aromatic carbocycles. The quantitative estimate of drug-likeness (QED) is 0.857. The van der Waals surface area contributed by atoms with Gasteiger partial charge in [0.15, 0.2) is 0 Å². The lowest BCUT2D eigenvalue weighted by molar-refractivity contribution is 0.489. The van der Waals surface area contributed by atoms with E-state index in [9.17, 15) is 0 Å². The van der Waals surface area contributed by atoms with E-state index >= 15 is 0 Å². The van der Waals surface area contributed by atoms with Gasteiger partial charge >= 0.3 is 0 Å². The first kappa shape index (κ1) is 11.8. The first-order valence-electron chi connectivity index (χ1n) is 6.10. The minimum absolute atomic E-state index is 0.421. The summed E-state index contributed by atoms with van der Waals surface area (Å²) in [5.74, 6) is 1.06. The molecule has 2 aromatic rings. The third kappa shape index (κ3) is 2.93. The lowest BCUT2D eigenvalue weighted by Gasteiger charge is -2.19. The van der Waals surface area contributed by atoms with Crippen LogP contribution in [-0.2, 0) is 6.42 Å². The fourth-order valence-corrected chi connectivity index (χ4v) is 1.97. The Morgan fingerprint density at radius 2 is 1.94 bits per heavy atom. The van der Waals surface area contributed by atoms with Crippen LogP contribution < -0.4 is 5.43 Å². The van der Waals surface area contributed by atoms with Crippen molar-refractivity contribution in [2.45, 2.75) is 39.7 Å². The second kappa shape index (κ2) is 5.13. The van der Waals surface area contributed by atoms with Crippen molar-refractivity contribution in [3.63, 3.8) is 0 Å². The van der Waals surface area contributed by atoms with Crippen molar-refractivity contribution >= 4 is 0 Å². The molecule has 0 saturated heterocycles. The predicted molar refractivity (Wildman–Crippen MR) is 69.8 cm³/mol. The van der Waals surface area contributed by atoms with Crippen molar-refractivity contribution in [3.8, 4) is 0 Å². The van der Waals surface area contributed by atoms with Crippen LogP contribution in [0.4, 0.5) is 0 Å². The van der Waals surface area contributed by atoms with Gasteiger partial charge in [-0.05, 0) is 51.5 Å². The smallest absolute Gasteiger partial charge is 0.103 e. The molecule has 2 rings (SSSR count). The van der Waals surface area contributed by atoms with E-state index in [1.807, 2.05) is 12.1 Å². The van der Waals surface area contributed by atoms with Gasteiger partial charge in [0.05, 0.1) is 6.26 Å². The maximum atomic E-state index is 5.33. The molecule has 2 heterocycles. The summed E-state index contributed by atoms with van der Waals surface area (Å²) in [6.45, 7) is 6.42. The third-order valence-electron chi connectivity index (χ3n) is 3.02. The normalized spacial score (nSPS) is 12.6. The lowest BCUT2D eigenvalue weighted by Crippen LogP contribution is -2.27. The highest BCUT2D eigenvalue weighted by atomic mass is 16.3. The molecule has 17 heavy (non-hydrogen) atoms. The molecule has 1 atom stereocenters. The van der Waals surface area contributed by atoms with Crippen molar-refractivity contribution in [2.75, 3.05) is 5.43 Å². The molecule has 0 aliphatic heterocycles. The number of furan rings is 1. The van der Waals surface area contributed by atoms with E-state index in [0.29, 0.717) is 6.04 Å². The predicted octanol–water partition coefficient (Wildman–Crippen LogP) is 3.26. The highest BCUT2D eigenvalue weighted by molar-refractivity contribution is 5.15. The molecule has 3 nitrogen and oxygen atoms in total. The van der Waals surface area contributed by atoms with Gasteiger partial charge in [0.2, 0.25) is 0 Å².